The van der Waals surface area contributed by atoms with Crippen LogP contribution in [0.2, 0.25) is 0 Å². The zero-order valence-corrected chi connectivity index (χ0v) is 8.23. The predicted molar refractivity (Wildman–Crippen MR) is 49.2 cm³/mol. The Morgan fingerprint density at radius 2 is 2.23 bits per heavy atom. The second-order valence-electron chi connectivity index (χ2n) is 2.21. The average molecular weight is 222 g/mol. The minimum absolute atomic E-state index is 0.351. The molecule has 0 spiro atoms. The number of halogens is 1. The lowest BCUT2D eigenvalue weighted by Crippen LogP contribution is -2.23. The summed E-state index contributed by atoms with van der Waals surface area (Å²) in [6.07, 6.45) is -0.469. The molecule has 0 unspecified atom stereocenters. The number of hydrogen-bond donors (Lipinski definition) is 2. The van der Waals surface area contributed by atoms with E-state index in [0.717, 1.165) is 10.0 Å². The van der Waals surface area contributed by atoms with E-state index in [1.807, 2.05) is 0 Å². The first kappa shape index (κ1) is 10.2. The lowest BCUT2D eigenvalue weighted by molar-refractivity contribution is 0.194. The molecule has 0 fully saturated rings. The van der Waals surface area contributed by atoms with Crippen LogP contribution in [0.5, 0.6) is 0 Å². The maximum atomic E-state index is 10.1. The normalized spacial score (nSPS) is 9.92. The number of carboxylic acid groups (broad SMARTS) is 1. The van der Waals surface area contributed by atoms with Crippen molar-refractivity contribution in [2.75, 3.05) is 6.54 Å². The van der Waals surface area contributed by atoms with Gasteiger partial charge in [-0.3, -0.25) is 0 Å². The Morgan fingerprint density at radius 3 is 2.77 bits per heavy atom. The molecule has 2 N–H and O–H groups in total. The van der Waals surface area contributed by atoms with Crippen LogP contribution in [0.4, 0.5) is 4.79 Å². The number of carbonyl (C=O) groups is 1. The van der Waals surface area contributed by atoms with E-state index in [9.17, 15) is 4.79 Å². The molecular formula is C6H8ClN3O2S. The summed E-state index contributed by atoms with van der Waals surface area (Å²) in [5, 5.41) is 19.7. The summed E-state index contributed by atoms with van der Waals surface area (Å²) in [5.74, 6) is 0.351. The van der Waals surface area contributed by atoms with Gasteiger partial charge in [0.05, 0.1) is 5.88 Å². The van der Waals surface area contributed by atoms with Crippen LogP contribution in [0.25, 0.3) is 0 Å². The van der Waals surface area contributed by atoms with E-state index >= 15 is 0 Å². The van der Waals surface area contributed by atoms with Crippen LogP contribution < -0.4 is 5.32 Å². The minimum atomic E-state index is -1.03. The molecule has 0 bridgehead atoms. The summed E-state index contributed by atoms with van der Waals surface area (Å²) < 4.78 is 0. The Morgan fingerprint density at radius 1 is 1.54 bits per heavy atom. The molecule has 0 aliphatic carbocycles. The van der Waals surface area contributed by atoms with Crippen molar-refractivity contribution >= 4 is 29.0 Å². The first-order valence-corrected chi connectivity index (χ1v) is 4.91. The van der Waals surface area contributed by atoms with Gasteiger partial charge in [0, 0.05) is 13.0 Å². The highest BCUT2D eigenvalue weighted by Crippen LogP contribution is 2.11. The van der Waals surface area contributed by atoms with Gasteiger partial charge in [-0.15, -0.1) is 33.1 Å². The first-order chi connectivity index (χ1) is 6.22. The highest BCUT2D eigenvalue weighted by molar-refractivity contribution is 7.11. The fourth-order valence-electron chi connectivity index (χ4n) is 0.720. The Kier molecular flexibility index (Phi) is 3.91. The van der Waals surface area contributed by atoms with Crippen LogP contribution in [0.1, 0.15) is 10.0 Å². The molecule has 13 heavy (non-hydrogen) atoms. The van der Waals surface area contributed by atoms with Crippen molar-refractivity contribution in [3.8, 4) is 0 Å². The second-order valence-corrected chi connectivity index (χ2v) is 3.62. The Balaban J connectivity index is 2.32. The van der Waals surface area contributed by atoms with E-state index in [1.54, 1.807) is 0 Å². The van der Waals surface area contributed by atoms with Crippen LogP contribution >= 0.6 is 22.9 Å². The van der Waals surface area contributed by atoms with Crippen molar-refractivity contribution in [1.82, 2.24) is 15.5 Å². The lowest BCUT2D eigenvalue weighted by Gasteiger charge is -1.95. The first-order valence-electron chi connectivity index (χ1n) is 3.56. The largest absolute Gasteiger partial charge is 0.465 e. The van der Waals surface area contributed by atoms with Crippen LogP contribution in [0, 0.1) is 0 Å². The van der Waals surface area contributed by atoms with Crippen LogP contribution in [0.15, 0.2) is 0 Å². The van der Waals surface area contributed by atoms with E-state index in [2.05, 4.69) is 15.5 Å². The number of amides is 1. The SMILES string of the molecule is O=C(O)NCCc1nnc(CCl)s1. The third kappa shape index (κ3) is 3.56. The van der Waals surface area contributed by atoms with Gasteiger partial charge < -0.3 is 10.4 Å². The number of hydrogen-bond acceptors (Lipinski definition) is 4. The molecule has 1 aromatic heterocycles. The van der Waals surface area contributed by atoms with Gasteiger partial charge in [0.25, 0.3) is 0 Å². The standard InChI is InChI=1S/C6H8ClN3O2S/c7-3-5-10-9-4(13-5)1-2-8-6(11)12/h8H,1-3H2,(H,11,12). The lowest BCUT2D eigenvalue weighted by atomic mass is 10.4. The average Bonchev–Trinajstić information content (AvgIpc) is 2.52. The van der Waals surface area contributed by atoms with Gasteiger partial charge >= 0.3 is 6.09 Å². The molecule has 1 aromatic rings. The quantitative estimate of drug-likeness (QED) is 0.747. The molecule has 0 saturated heterocycles. The maximum Gasteiger partial charge on any atom is 0.404 e. The summed E-state index contributed by atoms with van der Waals surface area (Å²) in [6.45, 7) is 0.353. The molecule has 5 nitrogen and oxygen atoms in total. The van der Waals surface area contributed by atoms with Gasteiger partial charge in [0.2, 0.25) is 0 Å². The van der Waals surface area contributed by atoms with Crippen molar-refractivity contribution in [2.24, 2.45) is 0 Å². The zero-order valence-electron chi connectivity index (χ0n) is 6.66. The molecule has 72 valence electrons. The number of alkyl halides is 1. The summed E-state index contributed by atoms with van der Waals surface area (Å²) in [4.78, 5) is 10.1. The number of aromatic nitrogens is 2. The van der Waals surface area contributed by atoms with Crippen LogP contribution in [0.3, 0.4) is 0 Å². The minimum Gasteiger partial charge on any atom is -0.465 e. The van der Waals surface area contributed by atoms with E-state index < -0.39 is 6.09 Å². The van der Waals surface area contributed by atoms with Crippen molar-refractivity contribution in [3.63, 3.8) is 0 Å². The molecule has 1 heterocycles. The molecular weight excluding hydrogens is 214 g/mol. The third-order valence-corrected chi connectivity index (χ3v) is 2.63. The highest BCUT2D eigenvalue weighted by atomic mass is 35.5. The fourth-order valence-corrected chi connectivity index (χ4v) is 1.63. The Hall–Kier alpha value is -0.880. The van der Waals surface area contributed by atoms with Crippen molar-refractivity contribution in [2.45, 2.75) is 12.3 Å². The summed E-state index contributed by atoms with van der Waals surface area (Å²) >= 11 is 6.92. The van der Waals surface area contributed by atoms with E-state index in [1.165, 1.54) is 11.3 Å². The summed E-state index contributed by atoms with van der Waals surface area (Å²) in [7, 11) is 0. The van der Waals surface area contributed by atoms with Gasteiger partial charge in [0.15, 0.2) is 0 Å². The predicted octanol–water partition coefficient (Wildman–Crippen LogP) is 1.09. The van der Waals surface area contributed by atoms with E-state index in [0.29, 0.717) is 18.8 Å². The summed E-state index contributed by atoms with van der Waals surface area (Å²) in [6, 6.07) is 0. The molecule has 0 radical (unpaired) electrons. The fraction of sp³-hybridized carbons (Fsp3) is 0.500. The van der Waals surface area contributed by atoms with Gasteiger partial charge in [-0.25, -0.2) is 4.79 Å². The van der Waals surface area contributed by atoms with Gasteiger partial charge in [-0.2, -0.15) is 0 Å². The molecule has 0 aliphatic heterocycles. The Bertz CT molecular complexity index is 291. The number of rotatable bonds is 4. The number of nitrogens with one attached hydrogen (secondary N) is 1. The highest BCUT2D eigenvalue weighted by Gasteiger charge is 2.03. The zero-order chi connectivity index (χ0) is 9.68. The molecule has 0 saturated carbocycles. The van der Waals surface area contributed by atoms with E-state index in [-0.39, 0.29) is 0 Å². The molecule has 0 aromatic carbocycles. The molecule has 0 aliphatic rings. The molecule has 0 atom stereocenters. The van der Waals surface area contributed by atoms with Crippen LogP contribution in [-0.2, 0) is 12.3 Å². The maximum absolute atomic E-state index is 10.1. The topological polar surface area (TPSA) is 75.1 Å². The van der Waals surface area contributed by atoms with Crippen molar-refractivity contribution in [1.29, 1.82) is 0 Å². The molecule has 1 amide bonds. The smallest absolute Gasteiger partial charge is 0.404 e. The van der Waals surface area contributed by atoms with Gasteiger partial charge in [-0.1, -0.05) is 0 Å². The summed E-state index contributed by atoms with van der Waals surface area (Å²) in [5.41, 5.74) is 0. The third-order valence-electron chi connectivity index (χ3n) is 1.24. The Labute approximate surface area is 83.7 Å². The van der Waals surface area contributed by atoms with Gasteiger partial charge in [0.1, 0.15) is 10.0 Å². The van der Waals surface area contributed by atoms with Crippen molar-refractivity contribution < 1.29 is 9.90 Å². The van der Waals surface area contributed by atoms with Gasteiger partial charge in [-0.05, 0) is 0 Å². The second kappa shape index (κ2) is 4.98. The van der Waals surface area contributed by atoms with Crippen LogP contribution in [-0.4, -0.2) is 27.9 Å². The van der Waals surface area contributed by atoms with E-state index in [4.69, 9.17) is 16.7 Å². The number of nitrogens with zero attached hydrogens (tertiary/aromatic N) is 2. The van der Waals surface area contributed by atoms with Crippen molar-refractivity contribution in [3.05, 3.63) is 10.0 Å². The monoisotopic (exact) mass is 221 g/mol. The molecule has 7 heteroatoms. The molecule has 1 rings (SSSR count).